The lowest BCUT2D eigenvalue weighted by molar-refractivity contribution is 0.0696. The van der Waals surface area contributed by atoms with Crippen LogP contribution in [0.5, 0.6) is 5.75 Å². The number of benzene rings is 1. The van der Waals surface area contributed by atoms with Crippen molar-refractivity contribution in [2.24, 2.45) is 0 Å². The largest absolute Gasteiger partial charge is 0.506 e. The SMILES string of the molecule is Cc1nc(N)sc1C(=O)Nc1cc(C(=O)O)ccc1O. The van der Waals surface area contributed by atoms with Gasteiger partial charge in [0.1, 0.15) is 10.6 Å². The highest BCUT2D eigenvalue weighted by Crippen LogP contribution is 2.27. The summed E-state index contributed by atoms with van der Waals surface area (Å²) in [6.45, 7) is 1.63. The fourth-order valence-corrected chi connectivity index (χ4v) is 2.31. The minimum atomic E-state index is -1.15. The van der Waals surface area contributed by atoms with Crippen molar-refractivity contribution in [2.75, 3.05) is 11.1 Å². The first-order valence-corrected chi connectivity index (χ1v) is 6.30. The number of nitrogens with one attached hydrogen (secondary N) is 1. The number of nitrogens with zero attached hydrogens (tertiary/aromatic N) is 1. The first-order valence-electron chi connectivity index (χ1n) is 5.49. The maximum absolute atomic E-state index is 12.0. The van der Waals surface area contributed by atoms with Gasteiger partial charge in [-0.05, 0) is 25.1 Å². The number of thiazole rings is 1. The van der Waals surface area contributed by atoms with Gasteiger partial charge in [-0.2, -0.15) is 0 Å². The molecule has 5 N–H and O–H groups in total. The van der Waals surface area contributed by atoms with Gasteiger partial charge in [-0.1, -0.05) is 11.3 Å². The lowest BCUT2D eigenvalue weighted by Gasteiger charge is -2.07. The Morgan fingerprint density at radius 1 is 1.40 bits per heavy atom. The second-order valence-electron chi connectivity index (χ2n) is 3.96. The maximum Gasteiger partial charge on any atom is 0.335 e. The van der Waals surface area contributed by atoms with Gasteiger partial charge in [0.05, 0.1) is 16.9 Å². The van der Waals surface area contributed by atoms with Gasteiger partial charge in [-0.15, -0.1) is 0 Å². The Bertz CT molecular complexity index is 696. The highest BCUT2D eigenvalue weighted by Gasteiger charge is 2.16. The van der Waals surface area contributed by atoms with Crippen molar-refractivity contribution in [1.29, 1.82) is 0 Å². The van der Waals surface area contributed by atoms with E-state index in [0.29, 0.717) is 10.6 Å². The van der Waals surface area contributed by atoms with Crippen molar-refractivity contribution in [3.8, 4) is 5.75 Å². The number of rotatable bonds is 3. The second kappa shape index (κ2) is 5.17. The molecule has 1 amide bonds. The zero-order chi connectivity index (χ0) is 14.9. The second-order valence-corrected chi connectivity index (χ2v) is 4.99. The van der Waals surface area contributed by atoms with Gasteiger partial charge in [0.15, 0.2) is 5.13 Å². The number of anilines is 2. The summed E-state index contributed by atoms with van der Waals surface area (Å²) in [5.74, 6) is -1.88. The molecule has 2 aromatic rings. The third kappa shape index (κ3) is 2.69. The highest BCUT2D eigenvalue weighted by molar-refractivity contribution is 7.17. The van der Waals surface area contributed by atoms with E-state index in [4.69, 9.17) is 10.8 Å². The van der Waals surface area contributed by atoms with E-state index in [1.54, 1.807) is 6.92 Å². The molecule has 20 heavy (non-hydrogen) atoms. The van der Waals surface area contributed by atoms with Crippen molar-refractivity contribution in [3.05, 3.63) is 34.3 Å². The monoisotopic (exact) mass is 293 g/mol. The number of aryl methyl sites for hydroxylation is 1. The van der Waals surface area contributed by atoms with Crippen molar-refractivity contribution in [2.45, 2.75) is 6.92 Å². The number of hydrogen-bond acceptors (Lipinski definition) is 6. The number of carboxylic acid groups (broad SMARTS) is 1. The van der Waals surface area contributed by atoms with Gasteiger partial charge in [0.25, 0.3) is 5.91 Å². The van der Waals surface area contributed by atoms with Crippen LogP contribution in [-0.4, -0.2) is 27.1 Å². The Kier molecular flexibility index (Phi) is 3.57. The smallest absolute Gasteiger partial charge is 0.335 e. The topological polar surface area (TPSA) is 126 Å². The number of phenols is 1. The molecule has 0 radical (unpaired) electrons. The summed E-state index contributed by atoms with van der Waals surface area (Å²) in [5, 5.41) is 21.2. The minimum absolute atomic E-state index is 0.0151. The average Bonchev–Trinajstić information content (AvgIpc) is 2.71. The molecule has 0 spiro atoms. The predicted molar refractivity (Wildman–Crippen MR) is 74.3 cm³/mol. The van der Waals surface area contributed by atoms with Gasteiger partial charge in [0, 0.05) is 0 Å². The molecule has 2 rings (SSSR count). The van der Waals surface area contributed by atoms with E-state index in [1.165, 1.54) is 18.2 Å². The molecular weight excluding hydrogens is 282 g/mol. The van der Waals surface area contributed by atoms with E-state index in [2.05, 4.69) is 10.3 Å². The number of hydrogen-bond donors (Lipinski definition) is 4. The molecule has 0 aliphatic carbocycles. The van der Waals surface area contributed by atoms with E-state index in [1.807, 2.05) is 0 Å². The van der Waals surface area contributed by atoms with Gasteiger partial charge in [-0.25, -0.2) is 9.78 Å². The van der Waals surface area contributed by atoms with Crippen LogP contribution < -0.4 is 11.1 Å². The quantitative estimate of drug-likeness (QED) is 0.638. The fourth-order valence-electron chi connectivity index (χ4n) is 1.58. The summed E-state index contributed by atoms with van der Waals surface area (Å²) in [6, 6.07) is 3.62. The molecule has 0 unspecified atom stereocenters. The summed E-state index contributed by atoms with van der Waals surface area (Å²) in [7, 11) is 0. The first kappa shape index (κ1) is 13.8. The third-order valence-electron chi connectivity index (χ3n) is 2.51. The molecule has 0 atom stereocenters. The molecule has 0 saturated carbocycles. The molecular formula is C12H11N3O4S. The van der Waals surface area contributed by atoms with E-state index >= 15 is 0 Å². The number of nitrogen functional groups attached to an aromatic ring is 1. The van der Waals surface area contributed by atoms with Crippen LogP contribution in [0.1, 0.15) is 25.7 Å². The average molecular weight is 293 g/mol. The number of aromatic carboxylic acids is 1. The van der Waals surface area contributed by atoms with Crippen LogP contribution in [0.4, 0.5) is 10.8 Å². The zero-order valence-electron chi connectivity index (χ0n) is 10.4. The number of carbonyl (C=O) groups is 2. The summed E-state index contributed by atoms with van der Waals surface area (Å²) < 4.78 is 0. The Balaban J connectivity index is 2.30. The number of aromatic nitrogens is 1. The van der Waals surface area contributed by atoms with Crippen molar-refractivity contribution >= 4 is 34.0 Å². The number of nitrogens with two attached hydrogens (primary N) is 1. The van der Waals surface area contributed by atoms with E-state index in [-0.39, 0.29) is 22.1 Å². The van der Waals surface area contributed by atoms with Gasteiger partial charge >= 0.3 is 5.97 Å². The molecule has 0 bridgehead atoms. The number of aromatic hydroxyl groups is 1. The van der Waals surface area contributed by atoms with Crippen LogP contribution in [0.25, 0.3) is 0 Å². The van der Waals surface area contributed by atoms with Crippen molar-refractivity contribution < 1.29 is 19.8 Å². The molecule has 1 aromatic carbocycles. The molecule has 0 aliphatic heterocycles. The van der Waals surface area contributed by atoms with Gasteiger partial charge in [-0.3, -0.25) is 4.79 Å². The van der Waals surface area contributed by atoms with Crippen LogP contribution in [-0.2, 0) is 0 Å². The summed E-state index contributed by atoms with van der Waals surface area (Å²) >= 11 is 1.01. The van der Waals surface area contributed by atoms with Crippen LogP contribution in [0.2, 0.25) is 0 Å². The van der Waals surface area contributed by atoms with Crippen molar-refractivity contribution in [1.82, 2.24) is 4.98 Å². The normalized spacial score (nSPS) is 10.2. The number of carbonyl (C=O) groups excluding carboxylic acids is 1. The summed E-state index contributed by atoms with van der Waals surface area (Å²) in [6.07, 6.45) is 0. The maximum atomic E-state index is 12.0. The standard InChI is InChI=1S/C12H11N3O4S/c1-5-9(20-12(13)14-5)10(17)15-7-4-6(11(18)19)2-3-8(7)16/h2-4,16H,1H3,(H2,13,14)(H,15,17)(H,18,19). The Hall–Kier alpha value is -2.61. The van der Waals surface area contributed by atoms with Crippen LogP contribution in [0.3, 0.4) is 0 Å². The van der Waals surface area contributed by atoms with Crippen LogP contribution in [0, 0.1) is 6.92 Å². The predicted octanol–water partition coefficient (Wildman–Crippen LogP) is 1.69. The molecule has 8 heteroatoms. The molecule has 0 fully saturated rings. The Morgan fingerprint density at radius 3 is 2.65 bits per heavy atom. The highest BCUT2D eigenvalue weighted by atomic mass is 32.1. The Morgan fingerprint density at radius 2 is 2.10 bits per heavy atom. The Labute approximate surface area is 117 Å². The molecule has 104 valence electrons. The minimum Gasteiger partial charge on any atom is -0.506 e. The first-order chi connectivity index (χ1) is 9.38. The molecule has 0 aliphatic rings. The van der Waals surface area contributed by atoms with Crippen molar-refractivity contribution in [3.63, 3.8) is 0 Å². The molecule has 0 saturated heterocycles. The zero-order valence-corrected chi connectivity index (χ0v) is 11.2. The number of phenolic OH excluding ortho intramolecular Hbond substituents is 1. The van der Waals surface area contributed by atoms with Gasteiger partial charge in [0.2, 0.25) is 0 Å². The molecule has 1 heterocycles. The summed E-state index contributed by atoms with van der Waals surface area (Å²) in [4.78, 5) is 27.1. The molecule has 1 aromatic heterocycles. The number of amides is 1. The fraction of sp³-hybridized carbons (Fsp3) is 0.0833. The lowest BCUT2D eigenvalue weighted by Crippen LogP contribution is -2.12. The van der Waals surface area contributed by atoms with E-state index < -0.39 is 11.9 Å². The lowest BCUT2D eigenvalue weighted by atomic mass is 10.2. The van der Waals surface area contributed by atoms with Crippen LogP contribution in [0.15, 0.2) is 18.2 Å². The molecule has 7 nitrogen and oxygen atoms in total. The van der Waals surface area contributed by atoms with E-state index in [0.717, 1.165) is 11.3 Å². The number of carboxylic acids is 1. The summed E-state index contributed by atoms with van der Waals surface area (Å²) in [5.41, 5.74) is 5.95. The van der Waals surface area contributed by atoms with E-state index in [9.17, 15) is 14.7 Å². The van der Waals surface area contributed by atoms with Gasteiger partial charge < -0.3 is 21.3 Å². The van der Waals surface area contributed by atoms with Crippen LogP contribution >= 0.6 is 11.3 Å². The third-order valence-corrected chi connectivity index (χ3v) is 3.50.